The van der Waals surface area contributed by atoms with Gasteiger partial charge in [-0.1, -0.05) is 51.7 Å². The molecule has 1 saturated carbocycles. The standard InChI is InChI=1S/C17H27N/c1-14(2)16-10-7-11-17(12-16)18-13-15-8-5-3-4-6-9-15/h7,10-12,14-15,18H,3-6,8-9,13H2,1-2H3. The highest BCUT2D eigenvalue weighted by molar-refractivity contribution is 5.46. The Morgan fingerprint density at radius 2 is 1.83 bits per heavy atom. The average Bonchev–Trinajstić information content (AvgIpc) is 2.65. The molecule has 0 heterocycles. The molecule has 1 heteroatoms. The second-order valence-corrected chi connectivity index (χ2v) is 6.02. The second kappa shape index (κ2) is 6.82. The molecule has 1 fully saturated rings. The van der Waals surface area contributed by atoms with Gasteiger partial charge in [0.15, 0.2) is 0 Å². The molecule has 1 N–H and O–H groups in total. The Bertz CT molecular complexity index is 348. The first-order valence-corrected chi connectivity index (χ1v) is 7.59. The van der Waals surface area contributed by atoms with Gasteiger partial charge in [0.2, 0.25) is 0 Å². The fraction of sp³-hybridized carbons (Fsp3) is 0.647. The normalized spacial score (nSPS) is 17.7. The molecule has 0 spiro atoms. The van der Waals surface area contributed by atoms with Crippen LogP contribution in [-0.2, 0) is 0 Å². The van der Waals surface area contributed by atoms with Gasteiger partial charge in [0.05, 0.1) is 0 Å². The number of benzene rings is 1. The lowest BCUT2D eigenvalue weighted by Gasteiger charge is -2.16. The third-order valence-corrected chi connectivity index (χ3v) is 4.12. The van der Waals surface area contributed by atoms with Gasteiger partial charge >= 0.3 is 0 Å². The van der Waals surface area contributed by atoms with Crippen LogP contribution in [0.15, 0.2) is 24.3 Å². The monoisotopic (exact) mass is 245 g/mol. The number of anilines is 1. The highest BCUT2D eigenvalue weighted by Gasteiger charge is 2.11. The summed E-state index contributed by atoms with van der Waals surface area (Å²) in [5.74, 6) is 1.50. The summed E-state index contributed by atoms with van der Waals surface area (Å²) in [5.41, 5.74) is 2.73. The lowest BCUT2D eigenvalue weighted by molar-refractivity contribution is 0.483. The number of rotatable bonds is 4. The zero-order chi connectivity index (χ0) is 12.8. The van der Waals surface area contributed by atoms with Crippen LogP contribution < -0.4 is 5.32 Å². The Balaban J connectivity index is 1.87. The third kappa shape index (κ3) is 4.04. The summed E-state index contributed by atoms with van der Waals surface area (Å²) >= 11 is 0. The molecule has 18 heavy (non-hydrogen) atoms. The van der Waals surface area contributed by atoms with Crippen LogP contribution in [0.2, 0.25) is 0 Å². The maximum atomic E-state index is 3.64. The van der Waals surface area contributed by atoms with Crippen molar-refractivity contribution in [2.24, 2.45) is 5.92 Å². The summed E-state index contributed by atoms with van der Waals surface area (Å²) in [6.45, 7) is 5.66. The van der Waals surface area contributed by atoms with Crippen molar-refractivity contribution in [3.05, 3.63) is 29.8 Å². The van der Waals surface area contributed by atoms with E-state index in [1.165, 1.54) is 49.8 Å². The van der Waals surface area contributed by atoms with Crippen LogP contribution in [0, 0.1) is 5.92 Å². The molecule has 1 aromatic carbocycles. The summed E-state index contributed by atoms with van der Waals surface area (Å²) in [5, 5.41) is 3.64. The van der Waals surface area contributed by atoms with Crippen molar-refractivity contribution >= 4 is 5.69 Å². The number of hydrogen-bond donors (Lipinski definition) is 1. The van der Waals surface area contributed by atoms with Gasteiger partial charge in [0, 0.05) is 12.2 Å². The first-order chi connectivity index (χ1) is 8.75. The van der Waals surface area contributed by atoms with Gasteiger partial charge in [-0.05, 0) is 42.4 Å². The van der Waals surface area contributed by atoms with E-state index in [1.54, 1.807) is 0 Å². The van der Waals surface area contributed by atoms with E-state index in [-0.39, 0.29) is 0 Å². The van der Waals surface area contributed by atoms with Gasteiger partial charge in [0.25, 0.3) is 0 Å². The minimum absolute atomic E-state index is 0.615. The summed E-state index contributed by atoms with van der Waals surface area (Å²) in [4.78, 5) is 0. The Morgan fingerprint density at radius 3 is 2.50 bits per heavy atom. The Morgan fingerprint density at radius 1 is 1.11 bits per heavy atom. The Labute approximate surface area is 112 Å². The lowest BCUT2D eigenvalue weighted by atomic mass is 10.00. The van der Waals surface area contributed by atoms with Crippen molar-refractivity contribution in [3.8, 4) is 0 Å². The van der Waals surface area contributed by atoms with Crippen LogP contribution in [-0.4, -0.2) is 6.54 Å². The SMILES string of the molecule is CC(C)c1cccc(NCC2CCCCCC2)c1. The van der Waals surface area contributed by atoms with E-state index in [9.17, 15) is 0 Å². The van der Waals surface area contributed by atoms with E-state index in [0.717, 1.165) is 12.5 Å². The van der Waals surface area contributed by atoms with Crippen molar-refractivity contribution in [3.63, 3.8) is 0 Å². The molecule has 0 radical (unpaired) electrons. The Kier molecular flexibility index (Phi) is 5.10. The zero-order valence-electron chi connectivity index (χ0n) is 11.9. The molecular formula is C17H27N. The van der Waals surface area contributed by atoms with Gasteiger partial charge in [0.1, 0.15) is 0 Å². The molecule has 1 aliphatic carbocycles. The van der Waals surface area contributed by atoms with Crippen LogP contribution in [0.5, 0.6) is 0 Å². The number of nitrogens with one attached hydrogen (secondary N) is 1. The molecule has 1 nitrogen and oxygen atoms in total. The van der Waals surface area contributed by atoms with E-state index < -0.39 is 0 Å². The minimum atomic E-state index is 0.615. The van der Waals surface area contributed by atoms with E-state index >= 15 is 0 Å². The molecule has 0 bridgehead atoms. The van der Waals surface area contributed by atoms with Crippen molar-refractivity contribution in [1.29, 1.82) is 0 Å². The summed E-state index contributed by atoms with van der Waals surface area (Å²) in [6, 6.07) is 8.90. The van der Waals surface area contributed by atoms with E-state index in [0.29, 0.717) is 5.92 Å². The first-order valence-electron chi connectivity index (χ1n) is 7.59. The molecule has 0 atom stereocenters. The maximum Gasteiger partial charge on any atom is 0.0343 e. The van der Waals surface area contributed by atoms with Crippen molar-refractivity contribution in [1.82, 2.24) is 0 Å². The second-order valence-electron chi connectivity index (χ2n) is 6.02. The van der Waals surface area contributed by atoms with Crippen LogP contribution >= 0.6 is 0 Å². The third-order valence-electron chi connectivity index (χ3n) is 4.12. The van der Waals surface area contributed by atoms with Crippen LogP contribution in [0.1, 0.15) is 63.9 Å². The van der Waals surface area contributed by atoms with Gasteiger partial charge in [-0.2, -0.15) is 0 Å². The predicted octanol–water partition coefficient (Wildman–Crippen LogP) is 5.19. The largest absolute Gasteiger partial charge is 0.385 e. The fourth-order valence-corrected chi connectivity index (χ4v) is 2.84. The molecule has 0 unspecified atom stereocenters. The smallest absolute Gasteiger partial charge is 0.0343 e. The van der Waals surface area contributed by atoms with E-state index in [1.807, 2.05) is 0 Å². The molecule has 100 valence electrons. The maximum absolute atomic E-state index is 3.64. The van der Waals surface area contributed by atoms with Gasteiger partial charge < -0.3 is 5.32 Å². The first kappa shape index (κ1) is 13.5. The zero-order valence-corrected chi connectivity index (χ0v) is 11.9. The lowest BCUT2D eigenvalue weighted by Crippen LogP contribution is -2.13. The molecule has 0 saturated heterocycles. The molecule has 0 amide bonds. The molecule has 0 aliphatic heterocycles. The Hall–Kier alpha value is -0.980. The van der Waals surface area contributed by atoms with Crippen LogP contribution in [0.4, 0.5) is 5.69 Å². The average molecular weight is 245 g/mol. The van der Waals surface area contributed by atoms with Gasteiger partial charge in [-0.25, -0.2) is 0 Å². The molecule has 0 aromatic heterocycles. The minimum Gasteiger partial charge on any atom is -0.385 e. The predicted molar refractivity (Wildman–Crippen MR) is 80.2 cm³/mol. The van der Waals surface area contributed by atoms with E-state index in [2.05, 4.69) is 43.4 Å². The summed E-state index contributed by atoms with van der Waals surface area (Å²) in [6.07, 6.45) is 8.57. The summed E-state index contributed by atoms with van der Waals surface area (Å²) < 4.78 is 0. The van der Waals surface area contributed by atoms with Gasteiger partial charge in [-0.15, -0.1) is 0 Å². The van der Waals surface area contributed by atoms with E-state index in [4.69, 9.17) is 0 Å². The molecule has 1 aromatic rings. The van der Waals surface area contributed by atoms with Crippen molar-refractivity contribution in [2.75, 3.05) is 11.9 Å². The van der Waals surface area contributed by atoms with Crippen LogP contribution in [0.25, 0.3) is 0 Å². The molecular weight excluding hydrogens is 218 g/mol. The van der Waals surface area contributed by atoms with Crippen molar-refractivity contribution < 1.29 is 0 Å². The molecule has 1 aliphatic rings. The highest BCUT2D eigenvalue weighted by atomic mass is 14.9. The quantitative estimate of drug-likeness (QED) is 0.720. The molecule has 2 rings (SSSR count). The fourth-order valence-electron chi connectivity index (χ4n) is 2.84. The topological polar surface area (TPSA) is 12.0 Å². The van der Waals surface area contributed by atoms with Crippen LogP contribution in [0.3, 0.4) is 0 Å². The number of hydrogen-bond acceptors (Lipinski definition) is 1. The summed E-state index contributed by atoms with van der Waals surface area (Å²) in [7, 11) is 0. The van der Waals surface area contributed by atoms with Crippen molar-refractivity contribution in [2.45, 2.75) is 58.3 Å². The van der Waals surface area contributed by atoms with Gasteiger partial charge in [-0.3, -0.25) is 0 Å². The highest BCUT2D eigenvalue weighted by Crippen LogP contribution is 2.24.